The van der Waals surface area contributed by atoms with Crippen molar-refractivity contribution in [3.8, 4) is 11.5 Å². The minimum Gasteiger partial charge on any atom is -0.496 e. The highest BCUT2D eigenvalue weighted by atomic mass is 35.5. The van der Waals surface area contributed by atoms with E-state index >= 15 is 0 Å². The molecule has 0 unspecified atom stereocenters. The molecule has 0 aliphatic rings. The highest BCUT2D eigenvalue weighted by Crippen LogP contribution is 2.32. The molecule has 6 heteroatoms. The van der Waals surface area contributed by atoms with E-state index < -0.39 is 11.7 Å². The monoisotopic (exact) mass is 323 g/mol. The molecule has 116 valence electrons. The van der Waals surface area contributed by atoms with E-state index in [0.717, 1.165) is 11.6 Å². The third kappa shape index (κ3) is 3.31. The van der Waals surface area contributed by atoms with E-state index in [9.17, 15) is 9.18 Å². The van der Waals surface area contributed by atoms with Gasteiger partial charge in [-0.3, -0.25) is 4.79 Å². The van der Waals surface area contributed by atoms with E-state index in [1.807, 2.05) is 0 Å². The van der Waals surface area contributed by atoms with Gasteiger partial charge in [-0.1, -0.05) is 11.6 Å². The van der Waals surface area contributed by atoms with Gasteiger partial charge in [-0.2, -0.15) is 0 Å². The molecule has 0 saturated carbocycles. The van der Waals surface area contributed by atoms with Gasteiger partial charge in [0.2, 0.25) is 0 Å². The highest BCUT2D eigenvalue weighted by Gasteiger charge is 2.16. The van der Waals surface area contributed by atoms with Crippen molar-refractivity contribution in [3.63, 3.8) is 0 Å². The van der Waals surface area contributed by atoms with Crippen molar-refractivity contribution in [3.05, 3.63) is 52.3 Å². The van der Waals surface area contributed by atoms with Crippen LogP contribution in [-0.2, 0) is 0 Å². The molecule has 1 amide bonds. The van der Waals surface area contributed by atoms with Crippen molar-refractivity contribution in [1.29, 1.82) is 0 Å². The quantitative estimate of drug-likeness (QED) is 0.923. The highest BCUT2D eigenvalue weighted by molar-refractivity contribution is 6.31. The van der Waals surface area contributed by atoms with Gasteiger partial charge in [0, 0.05) is 11.1 Å². The molecule has 1 N–H and O–H groups in total. The van der Waals surface area contributed by atoms with Crippen molar-refractivity contribution in [2.24, 2.45) is 0 Å². The number of nitrogens with one attached hydrogen (secondary N) is 1. The molecule has 2 aromatic carbocycles. The molecule has 4 nitrogen and oxygen atoms in total. The lowest BCUT2D eigenvalue weighted by atomic mass is 10.1. The summed E-state index contributed by atoms with van der Waals surface area (Å²) >= 11 is 6.02. The summed E-state index contributed by atoms with van der Waals surface area (Å²) in [5.41, 5.74) is 1.32. The number of anilines is 1. The predicted molar refractivity (Wildman–Crippen MR) is 83.6 cm³/mol. The number of hydrogen-bond donors (Lipinski definition) is 1. The summed E-state index contributed by atoms with van der Waals surface area (Å²) in [6.45, 7) is 1.81. The third-order valence-corrected chi connectivity index (χ3v) is 3.54. The fourth-order valence-electron chi connectivity index (χ4n) is 1.98. The molecule has 0 atom stereocenters. The van der Waals surface area contributed by atoms with Gasteiger partial charge in [0.15, 0.2) is 0 Å². The van der Waals surface area contributed by atoms with Crippen LogP contribution in [0.4, 0.5) is 10.1 Å². The second kappa shape index (κ2) is 6.66. The molecule has 0 fully saturated rings. The van der Waals surface area contributed by atoms with Crippen LogP contribution < -0.4 is 14.8 Å². The van der Waals surface area contributed by atoms with Gasteiger partial charge in [-0.15, -0.1) is 0 Å². The van der Waals surface area contributed by atoms with Crippen LogP contribution >= 0.6 is 11.6 Å². The summed E-state index contributed by atoms with van der Waals surface area (Å²) in [5, 5.41) is 3.20. The molecule has 2 rings (SSSR count). The van der Waals surface area contributed by atoms with Crippen LogP contribution in [0.2, 0.25) is 5.02 Å². The van der Waals surface area contributed by atoms with E-state index in [-0.39, 0.29) is 11.3 Å². The molecule has 22 heavy (non-hydrogen) atoms. The summed E-state index contributed by atoms with van der Waals surface area (Å²) in [4.78, 5) is 12.4. The van der Waals surface area contributed by atoms with Gasteiger partial charge >= 0.3 is 0 Å². The maximum Gasteiger partial charge on any atom is 0.259 e. The largest absolute Gasteiger partial charge is 0.496 e. The van der Waals surface area contributed by atoms with Crippen LogP contribution in [0.3, 0.4) is 0 Å². The Labute approximate surface area is 132 Å². The first-order chi connectivity index (χ1) is 10.5. The number of aryl methyl sites for hydroxylation is 1. The Hall–Kier alpha value is -2.27. The molecule has 0 saturated heterocycles. The molecule has 0 aliphatic carbocycles. The van der Waals surface area contributed by atoms with E-state index in [1.54, 1.807) is 19.1 Å². The SMILES string of the molecule is COc1cc(Cl)c(C)cc1NC(=O)c1cc(F)ccc1OC. The van der Waals surface area contributed by atoms with Crippen LogP contribution in [0.25, 0.3) is 0 Å². The number of rotatable bonds is 4. The molecule has 0 heterocycles. The van der Waals surface area contributed by atoms with E-state index in [0.29, 0.717) is 16.5 Å². The topological polar surface area (TPSA) is 47.6 Å². The molecular formula is C16H15ClFNO3. The smallest absolute Gasteiger partial charge is 0.259 e. The number of benzene rings is 2. The predicted octanol–water partition coefficient (Wildman–Crippen LogP) is 4.06. The Morgan fingerprint density at radius 2 is 1.82 bits per heavy atom. The number of carbonyl (C=O) groups excluding carboxylic acids is 1. The van der Waals surface area contributed by atoms with Gasteiger partial charge in [0.05, 0.1) is 25.5 Å². The van der Waals surface area contributed by atoms with E-state index in [4.69, 9.17) is 21.1 Å². The summed E-state index contributed by atoms with van der Waals surface area (Å²) in [6, 6.07) is 7.03. The minimum atomic E-state index is -0.523. The summed E-state index contributed by atoms with van der Waals surface area (Å²) in [5.74, 6) is -0.329. The first-order valence-corrected chi connectivity index (χ1v) is 6.83. The second-order valence-electron chi connectivity index (χ2n) is 4.60. The number of amides is 1. The van der Waals surface area contributed by atoms with Crippen LogP contribution in [0.5, 0.6) is 11.5 Å². The molecule has 0 bridgehead atoms. The molecule has 0 aliphatic heterocycles. The maximum atomic E-state index is 13.4. The van der Waals surface area contributed by atoms with E-state index in [1.165, 1.54) is 26.4 Å². The lowest BCUT2D eigenvalue weighted by molar-refractivity contribution is 0.102. The lowest BCUT2D eigenvalue weighted by Gasteiger charge is -2.13. The van der Waals surface area contributed by atoms with Gasteiger partial charge < -0.3 is 14.8 Å². The number of halogens is 2. The molecule has 0 radical (unpaired) electrons. The summed E-state index contributed by atoms with van der Waals surface area (Å²) < 4.78 is 23.6. The molecule has 0 spiro atoms. The lowest BCUT2D eigenvalue weighted by Crippen LogP contribution is -2.14. The standard InChI is InChI=1S/C16H15ClFNO3/c1-9-6-13(15(22-3)8-12(9)17)19-16(20)11-7-10(18)4-5-14(11)21-2/h4-8H,1-3H3,(H,19,20). The zero-order valence-electron chi connectivity index (χ0n) is 12.4. The zero-order valence-corrected chi connectivity index (χ0v) is 13.1. The number of carbonyl (C=O) groups is 1. The fraction of sp³-hybridized carbons (Fsp3) is 0.188. The normalized spacial score (nSPS) is 10.2. The van der Waals surface area contributed by atoms with Crippen LogP contribution in [0.15, 0.2) is 30.3 Å². The average molecular weight is 324 g/mol. The van der Waals surface area contributed by atoms with Crippen molar-refractivity contribution < 1.29 is 18.7 Å². The Kier molecular flexibility index (Phi) is 4.88. The van der Waals surface area contributed by atoms with E-state index in [2.05, 4.69) is 5.32 Å². The fourth-order valence-corrected chi connectivity index (χ4v) is 2.13. The van der Waals surface area contributed by atoms with Crippen LogP contribution in [0, 0.1) is 12.7 Å². The zero-order chi connectivity index (χ0) is 16.3. The first kappa shape index (κ1) is 16.1. The Bertz CT molecular complexity index is 719. The molecular weight excluding hydrogens is 309 g/mol. The van der Waals surface area contributed by atoms with Crippen molar-refractivity contribution >= 4 is 23.2 Å². The van der Waals surface area contributed by atoms with Crippen LogP contribution in [-0.4, -0.2) is 20.1 Å². The Morgan fingerprint density at radius 3 is 2.45 bits per heavy atom. The van der Waals surface area contributed by atoms with Crippen LogP contribution in [0.1, 0.15) is 15.9 Å². The summed E-state index contributed by atoms with van der Waals surface area (Å²) in [6.07, 6.45) is 0. The van der Waals surface area contributed by atoms with Crippen molar-refractivity contribution in [1.82, 2.24) is 0 Å². The number of hydrogen-bond acceptors (Lipinski definition) is 3. The average Bonchev–Trinajstić information content (AvgIpc) is 2.50. The van der Waals surface area contributed by atoms with Crippen molar-refractivity contribution in [2.45, 2.75) is 6.92 Å². The third-order valence-electron chi connectivity index (χ3n) is 3.14. The maximum absolute atomic E-state index is 13.4. The van der Waals surface area contributed by atoms with Crippen molar-refractivity contribution in [2.75, 3.05) is 19.5 Å². The molecule has 2 aromatic rings. The molecule has 0 aromatic heterocycles. The van der Waals surface area contributed by atoms with Gasteiger partial charge in [-0.25, -0.2) is 4.39 Å². The van der Waals surface area contributed by atoms with Gasteiger partial charge in [0.1, 0.15) is 17.3 Å². The number of methoxy groups -OCH3 is 2. The first-order valence-electron chi connectivity index (χ1n) is 6.45. The minimum absolute atomic E-state index is 0.0946. The second-order valence-corrected chi connectivity index (χ2v) is 5.01. The summed E-state index contributed by atoms with van der Waals surface area (Å²) in [7, 11) is 2.89. The Morgan fingerprint density at radius 1 is 1.14 bits per heavy atom. The Balaban J connectivity index is 2.37. The number of ether oxygens (including phenoxy) is 2. The van der Waals surface area contributed by atoms with Gasteiger partial charge in [0.25, 0.3) is 5.91 Å². The van der Waals surface area contributed by atoms with Gasteiger partial charge in [-0.05, 0) is 36.8 Å².